The minimum atomic E-state index is -0.197. The van der Waals surface area contributed by atoms with Crippen LogP contribution in [-0.4, -0.2) is 7.05 Å². The molecule has 18 heavy (non-hydrogen) atoms. The Bertz CT molecular complexity index is 528. The first-order valence-electron chi connectivity index (χ1n) is 6.11. The highest BCUT2D eigenvalue weighted by molar-refractivity contribution is 5.36. The van der Waals surface area contributed by atoms with Gasteiger partial charge in [-0.05, 0) is 44.2 Å². The summed E-state index contributed by atoms with van der Waals surface area (Å²) < 4.78 is 13.3. The third-order valence-corrected chi connectivity index (χ3v) is 3.05. The Morgan fingerprint density at radius 3 is 2.17 bits per heavy atom. The van der Waals surface area contributed by atoms with Gasteiger partial charge >= 0.3 is 0 Å². The van der Waals surface area contributed by atoms with Gasteiger partial charge in [0.25, 0.3) is 0 Å². The van der Waals surface area contributed by atoms with Crippen LogP contribution in [0.1, 0.15) is 28.3 Å². The van der Waals surface area contributed by atoms with Gasteiger partial charge in [0.2, 0.25) is 0 Å². The summed E-state index contributed by atoms with van der Waals surface area (Å²) in [6.45, 7) is 4.16. The van der Waals surface area contributed by atoms with E-state index in [9.17, 15) is 4.39 Å². The van der Waals surface area contributed by atoms with E-state index in [0.29, 0.717) is 0 Å². The first-order chi connectivity index (χ1) is 8.60. The molecule has 0 fully saturated rings. The van der Waals surface area contributed by atoms with Crippen LogP contribution < -0.4 is 5.32 Å². The van der Waals surface area contributed by atoms with E-state index in [2.05, 4.69) is 37.4 Å². The first-order valence-corrected chi connectivity index (χ1v) is 6.11. The fourth-order valence-corrected chi connectivity index (χ4v) is 2.39. The number of aryl methyl sites for hydroxylation is 2. The molecule has 1 N–H and O–H groups in total. The van der Waals surface area contributed by atoms with Crippen LogP contribution in [0.4, 0.5) is 4.39 Å². The molecular formula is C16H18FN. The van der Waals surface area contributed by atoms with Crippen LogP contribution in [-0.2, 0) is 0 Å². The molecule has 0 aliphatic rings. The van der Waals surface area contributed by atoms with Crippen molar-refractivity contribution in [3.05, 3.63) is 70.5 Å². The lowest BCUT2D eigenvalue weighted by molar-refractivity contribution is 0.616. The summed E-state index contributed by atoms with van der Waals surface area (Å²) in [5.74, 6) is -0.197. The van der Waals surface area contributed by atoms with Crippen molar-refractivity contribution < 1.29 is 4.39 Å². The minimum Gasteiger partial charge on any atom is -0.309 e. The Hall–Kier alpha value is -1.67. The lowest BCUT2D eigenvalue weighted by atomic mass is 9.96. The summed E-state index contributed by atoms with van der Waals surface area (Å²) in [6, 6.07) is 13.2. The summed E-state index contributed by atoms with van der Waals surface area (Å²) in [5, 5.41) is 3.25. The molecule has 0 amide bonds. The van der Waals surface area contributed by atoms with E-state index >= 15 is 0 Å². The van der Waals surface area contributed by atoms with Gasteiger partial charge in [-0.3, -0.25) is 0 Å². The Morgan fingerprint density at radius 2 is 1.61 bits per heavy atom. The van der Waals surface area contributed by atoms with Crippen molar-refractivity contribution in [2.24, 2.45) is 0 Å². The SMILES string of the molecule is CNC(c1cc(C)cc(C)c1)c1cccc(F)c1. The standard InChI is InChI=1S/C16H18FN/c1-11-7-12(2)9-14(8-11)16(18-3)13-5-4-6-15(17)10-13/h4-10,16,18H,1-3H3. The molecule has 0 aromatic heterocycles. The number of hydrogen-bond donors (Lipinski definition) is 1. The van der Waals surface area contributed by atoms with Crippen molar-refractivity contribution in [2.45, 2.75) is 19.9 Å². The second kappa shape index (κ2) is 5.32. The summed E-state index contributed by atoms with van der Waals surface area (Å²) >= 11 is 0. The fraction of sp³-hybridized carbons (Fsp3) is 0.250. The normalized spacial score (nSPS) is 12.4. The van der Waals surface area contributed by atoms with Gasteiger partial charge in [0.1, 0.15) is 5.82 Å². The fourth-order valence-electron chi connectivity index (χ4n) is 2.39. The zero-order valence-electron chi connectivity index (χ0n) is 11.0. The topological polar surface area (TPSA) is 12.0 Å². The molecule has 1 nitrogen and oxygen atoms in total. The lowest BCUT2D eigenvalue weighted by Gasteiger charge is -2.18. The summed E-state index contributed by atoms with van der Waals surface area (Å²) in [4.78, 5) is 0. The molecule has 1 unspecified atom stereocenters. The largest absolute Gasteiger partial charge is 0.309 e. The van der Waals surface area contributed by atoms with Crippen LogP contribution in [0, 0.1) is 19.7 Å². The summed E-state index contributed by atoms with van der Waals surface area (Å²) in [6.07, 6.45) is 0. The van der Waals surface area contributed by atoms with Crippen molar-refractivity contribution in [1.29, 1.82) is 0 Å². The van der Waals surface area contributed by atoms with E-state index in [4.69, 9.17) is 0 Å². The van der Waals surface area contributed by atoms with E-state index in [1.807, 2.05) is 13.1 Å². The quantitative estimate of drug-likeness (QED) is 0.865. The van der Waals surface area contributed by atoms with Gasteiger partial charge in [-0.25, -0.2) is 4.39 Å². The molecule has 2 aromatic carbocycles. The van der Waals surface area contributed by atoms with E-state index in [0.717, 1.165) is 5.56 Å². The predicted molar refractivity (Wildman–Crippen MR) is 73.2 cm³/mol. The number of halogens is 1. The van der Waals surface area contributed by atoms with Gasteiger partial charge < -0.3 is 5.32 Å². The second-order valence-corrected chi connectivity index (χ2v) is 4.70. The summed E-state index contributed by atoms with van der Waals surface area (Å²) in [7, 11) is 1.90. The molecule has 94 valence electrons. The number of nitrogens with one attached hydrogen (secondary N) is 1. The Kier molecular flexibility index (Phi) is 3.78. The van der Waals surface area contributed by atoms with Crippen LogP contribution >= 0.6 is 0 Å². The summed E-state index contributed by atoms with van der Waals surface area (Å²) in [5.41, 5.74) is 4.56. The molecule has 2 aromatic rings. The van der Waals surface area contributed by atoms with Gasteiger partial charge in [0.15, 0.2) is 0 Å². The highest BCUT2D eigenvalue weighted by atomic mass is 19.1. The van der Waals surface area contributed by atoms with Crippen LogP contribution in [0.5, 0.6) is 0 Å². The molecule has 0 aliphatic carbocycles. The highest BCUT2D eigenvalue weighted by Gasteiger charge is 2.13. The molecule has 0 heterocycles. The van der Waals surface area contributed by atoms with Crippen molar-refractivity contribution in [3.8, 4) is 0 Å². The van der Waals surface area contributed by atoms with E-state index in [-0.39, 0.29) is 11.9 Å². The number of benzene rings is 2. The average molecular weight is 243 g/mol. The predicted octanol–water partition coefficient (Wildman–Crippen LogP) is 3.75. The number of hydrogen-bond acceptors (Lipinski definition) is 1. The van der Waals surface area contributed by atoms with Crippen molar-refractivity contribution in [1.82, 2.24) is 5.32 Å². The van der Waals surface area contributed by atoms with Gasteiger partial charge in [-0.2, -0.15) is 0 Å². The Balaban J connectivity index is 2.45. The molecule has 0 aliphatic heterocycles. The number of rotatable bonds is 3. The smallest absolute Gasteiger partial charge is 0.123 e. The van der Waals surface area contributed by atoms with Crippen LogP contribution in [0.3, 0.4) is 0 Å². The molecule has 0 saturated heterocycles. The maximum Gasteiger partial charge on any atom is 0.123 e. The van der Waals surface area contributed by atoms with E-state index < -0.39 is 0 Å². The minimum absolute atomic E-state index is 0.0271. The van der Waals surface area contributed by atoms with Crippen LogP contribution in [0.2, 0.25) is 0 Å². The second-order valence-electron chi connectivity index (χ2n) is 4.70. The van der Waals surface area contributed by atoms with Crippen molar-refractivity contribution >= 4 is 0 Å². The van der Waals surface area contributed by atoms with Crippen LogP contribution in [0.25, 0.3) is 0 Å². The third-order valence-electron chi connectivity index (χ3n) is 3.05. The molecule has 1 atom stereocenters. The molecule has 0 radical (unpaired) electrons. The van der Waals surface area contributed by atoms with E-state index in [1.165, 1.54) is 22.8 Å². The van der Waals surface area contributed by atoms with Gasteiger partial charge in [0, 0.05) is 0 Å². The molecule has 0 spiro atoms. The zero-order valence-corrected chi connectivity index (χ0v) is 11.0. The van der Waals surface area contributed by atoms with Crippen molar-refractivity contribution in [3.63, 3.8) is 0 Å². The van der Waals surface area contributed by atoms with Crippen molar-refractivity contribution in [2.75, 3.05) is 7.05 Å². The molecular weight excluding hydrogens is 225 g/mol. The zero-order chi connectivity index (χ0) is 13.1. The molecule has 0 saturated carbocycles. The molecule has 2 heteroatoms. The Labute approximate surface area is 108 Å². The highest BCUT2D eigenvalue weighted by Crippen LogP contribution is 2.24. The van der Waals surface area contributed by atoms with E-state index in [1.54, 1.807) is 12.1 Å². The lowest BCUT2D eigenvalue weighted by Crippen LogP contribution is -2.18. The Morgan fingerprint density at radius 1 is 0.944 bits per heavy atom. The maximum atomic E-state index is 13.3. The monoisotopic (exact) mass is 243 g/mol. The first kappa shape index (κ1) is 12.8. The molecule has 0 bridgehead atoms. The third kappa shape index (κ3) is 2.77. The van der Waals surface area contributed by atoms with Gasteiger partial charge in [0.05, 0.1) is 6.04 Å². The molecule has 2 rings (SSSR count). The average Bonchev–Trinajstić information content (AvgIpc) is 2.28. The van der Waals surface area contributed by atoms with Gasteiger partial charge in [-0.1, -0.05) is 41.5 Å². The van der Waals surface area contributed by atoms with Gasteiger partial charge in [-0.15, -0.1) is 0 Å². The van der Waals surface area contributed by atoms with Crippen LogP contribution in [0.15, 0.2) is 42.5 Å². The maximum absolute atomic E-state index is 13.3.